The molecule has 2 fully saturated rings. The zero-order valence-electron chi connectivity index (χ0n) is 11.4. The standard InChI is InChI=1S/C14H16FN3O3/c15-10-3-1-2-9(12(16)11-8-17-14(19)21-11)13(10)18-4-6-20-7-5-18/h1-3,11-12H,4-8H2,(H,17,19). The summed E-state index contributed by atoms with van der Waals surface area (Å²) in [6.45, 7) is 2.36. The summed E-state index contributed by atoms with van der Waals surface area (Å²) in [5.74, 6) is -0.397. The molecule has 0 aromatic heterocycles. The van der Waals surface area contributed by atoms with Gasteiger partial charge in [0.25, 0.3) is 0 Å². The Morgan fingerprint density at radius 1 is 1.38 bits per heavy atom. The Bertz CT molecular complexity index is 534. The minimum Gasteiger partial charge on any atom is -0.442 e. The van der Waals surface area contributed by atoms with Crippen LogP contribution < -0.4 is 16.0 Å². The van der Waals surface area contributed by atoms with Gasteiger partial charge < -0.3 is 19.7 Å². The van der Waals surface area contributed by atoms with Gasteiger partial charge in [-0.3, -0.25) is 0 Å². The summed E-state index contributed by atoms with van der Waals surface area (Å²) in [6.07, 6.45) is -1.28. The highest BCUT2D eigenvalue weighted by Crippen LogP contribution is 2.32. The summed E-state index contributed by atoms with van der Waals surface area (Å²) in [5.41, 5.74) is 11.2. The number of carbonyl (C=O) groups is 1. The van der Waals surface area contributed by atoms with E-state index in [2.05, 4.69) is 5.32 Å². The third-order valence-corrected chi connectivity index (χ3v) is 3.72. The summed E-state index contributed by atoms with van der Waals surface area (Å²) >= 11 is 0. The molecule has 2 heterocycles. The lowest BCUT2D eigenvalue weighted by Gasteiger charge is -2.32. The third-order valence-electron chi connectivity index (χ3n) is 3.72. The molecule has 1 aromatic rings. The minimum atomic E-state index is -1.07. The maximum absolute atomic E-state index is 14.2. The van der Waals surface area contributed by atoms with Gasteiger partial charge in [0.1, 0.15) is 18.0 Å². The number of nitrogens with one attached hydrogen (secondary N) is 1. The summed E-state index contributed by atoms with van der Waals surface area (Å²) in [7, 11) is 0. The van der Waals surface area contributed by atoms with Crippen LogP contribution in [0.1, 0.15) is 11.6 Å². The number of ether oxygens (including phenoxy) is 2. The molecule has 1 N–H and O–H groups in total. The summed E-state index contributed by atoms with van der Waals surface area (Å²) in [6, 6.07) is 3.49. The van der Waals surface area contributed by atoms with Crippen LogP contribution in [-0.2, 0) is 9.47 Å². The fourth-order valence-electron chi connectivity index (χ4n) is 2.67. The predicted molar refractivity (Wildman–Crippen MR) is 72.6 cm³/mol. The second-order valence-corrected chi connectivity index (χ2v) is 5.05. The van der Waals surface area contributed by atoms with Crippen molar-refractivity contribution in [3.63, 3.8) is 0 Å². The van der Waals surface area contributed by atoms with Crippen molar-refractivity contribution in [1.29, 1.82) is 0 Å². The molecule has 2 atom stereocenters. The fourth-order valence-corrected chi connectivity index (χ4v) is 2.67. The predicted octanol–water partition coefficient (Wildman–Crippen LogP) is 0.880. The average molecular weight is 293 g/mol. The molecule has 6 nitrogen and oxygen atoms in total. The van der Waals surface area contributed by atoms with E-state index in [0.29, 0.717) is 37.6 Å². The number of para-hydroxylation sites is 1. The Morgan fingerprint density at radius 2 is 2.14 bits per heavy atom. The number of benzene rings is 1. The smallest absolute Gasteiger partial charge is 0.407 e. The van der Waals surface area contributed by atoms with Crippen LogP contribution in [0, 0.1) is 5.82 Å². The van der Waals surface area contributed by atoms with E-state index >= 15 is 0 Å². The van der Waals surface area contributed by atoms with E-state index in [4.69, 9.17) is 9.47 Å². The van der Waals surface area contributed by atoms with Crippen molar-refractivity contribution in [3.05, 3.63) is 29.6 Å². The zero-order chi connectivity index (χ0) is 14.8. The van der Waals surface area contributed by atoms with Crippen molar-refractivity contribution in [2.45, 2.75) is 12.1 Å². The molecule has 2 aliphatic heterocycles. The number of nitrogens with zero attached hydrogens (tertiary/aromatic N) is 2. The molecule has 2 saturated heterocycles. The van der Waals surface area contributed by atoms with Crippen molar-refractivity contribution in [1.82, 2.24) is 11.1 Å². The van der Waals surface area contributed by atoms with Gasteiger partial charge in [0.2, 0.25) is 0 Å². The van der Waals surface area contributed by atoms with Crippen LogP contribution in [-0.4, -0.2) is 45.0 Å². The molecular weight excluding hydrogens is 277 g/mol. The molecule has 21 heavy (non-hydrogen) atoms. The highest BCUT2D eigenvalue weighted by atomic mass is 19.1. The second kappa shape index (κ2) is 5.87. The van der Waals surface area contributed by atoms with Gasteiger partial charge in [0.15, 0.2) is 0 Å². The fraction of sp³-hybridized carbons (Fsp3) is 0.500. The van der Waals surface area contributed by atoms with Gasteiger partial charge in [-0.1, -0.05) is 12.1 Å². The van der Waals surface area contributed by atoms with E-state index < -0.39 is 24.1 Å². The highest BCUT2D eigenvalue weighted by molar-refractivity contribution is 5.69. The minimum absolute atomic E-state index is 0.207. The molecule has 0 spiro atoms. The number of anilines is 1. The lowest BCUT2D eigenvalue weighted by molar-refractivity contribution is 0.120. The van der Waals surface area contributed by atoms with Crippen molar-refractivity contribution in [2.24, 2.45) is 0 Å². The molecular formula is C14H16FN3O3. The quantitative estimate of drug-likeness (QED) is 0.898. The number of cyclic esters (lactones) is 1. The van der Waals surface area contributed by atoms with Gasteiger partial charge in [-0.25, -0.2) is 9.18 Å². The van der Waals surface area contributed by atoms with Gasteiger partial charge >= 0.3 is 6.09 Å². The van der Waals surface area contributed by atoms with Gasteiger partial charge in [0, 0.05) is 18.7 Å². The van der Waals surface area contributed by atoms with Crippen LogP contribution in [0.25, 0.3) is 0 Å². The number of carbonyl (C=O) groups excluding carboxylic acids is 1. The molecule has 2 aliphatic rings. The first-order chi connectivity index (χ1) is 10.2. The molecule has 112 valence electrons. The lowest BCUT2D eigenvalue weighted by atomic mass is 9.99. The van der Waals surface area contributed by atoms with E-state index in [1.807, 2.05) is 4.90 Å². The highest BCUT2D eigenvalue weighted by Gasteiger charge is 2.33. The van der Waals surface area contributed by atoms with Gasteiger partial charge in [-0.05, 0) is 6.07 Å². The molecule has 1 aromatic carbocycles. The summed E-state index contributed by atoms with van der Waals surface area (Å²) in [4.78, 5) is 12.9. The van der Waals surface area contributed by atoms with E-state index in [1.54, 1.807) is 12.1 Å². The van der Waals surface area contributed by atoms with Crippen molar-refractivity contribution in [3.8, 4) is 0 Å². The summed E-state index contributed by atoms with van der Waals surface area (Å²) in [5, 5.41) is 2.49. The normalized spacial score (nSPS) is 23.6. The maximum atomic E-state index is 14.2. The first-order valence-electron chi connectivity index (χ1n) is 6.90. The Morgan fingerprint density at radius 3 is 2.81 bits per heavy atom. The number of rotatable bonds is 3. The summed E-state index contributed by atoms with van der Waals surface area (Å²) < 4.78 is 24.5. The van der Waals surface area contributed by atoms with E-state index in [-0.39, 0.29) is 6.54 Å². The SMILES string of the molecule is [N]C(c1cccc(F)c1N1CCOCC1)C1CNC(=O)O1. The number of amides is 1. The van der Waals surface area contributed by atoms with E-state index in [1.165, 1.54) is 6.07 Å². The monoisotopic (exact) mass is 293 g/mol. The second-order valence-electron chi connectivity index (χ2n) is 5.05. The van der Waals surface area contributed by atoms with Crippen molar-refractivity contribution < 1.29 is 18.7 Å². The van der Waals surface area contributed by atoms with Crippen LogP contribution in [0.2, 0.25) is 0 Å². The molecule has 1 amide bonds. The molecule has 0 aliphatic carbocycles. The first kappa shape index (κ1) is 14.1. The molecule has 3 rings (SSSR count). The largest absolute Gasteiger partial charge is 0.442 e. The van der Waals surface area contributed by atoms with Crippen LogP contribution in [0.5, 0.6) is 0 Å². The zero-order valence-corrected chi connectivity index (χ0v) is 11.4. The van der Waals surface area contributed by atoms with E-state index in [0.717, 1.165) is 0 Å². The lowest BCUT2D eigenvalue weighted by Crippen LogP contribution is -2.38. The van der Waals surface area contributed by atoms with E-state index in [9.17, 15) is 14.9 Å². The van der Waals surface area contributed by atoms with Crippen LogP contribution in [0.4, 0.5) is 14.9 Å². The third kappa shape index (κ3) is 2.79. The Balaban J connectivity index is 1.90. The molecule has 2 unspecified atom stereocenters. The molecule has 0 bridgehead atoms. The van der Waals surface area contributed by atoms with Crippen LogP contribution >= 0.6 is 0 Å². The first-order valence-corrected chi connectivity index (χ1v) is 6.90. The Labute approximate surface area is 122 Å². The number of hydrogen-bond acceptors (Lipinski definition) is 4. The number of morpholine rings is 1. The van der Waals surface area contributed by atoms with Gasteiger partial charge in [0.05, 0.1) is 25.4 Å². The molecule has 7 heteroatoms. The van der Waals surface area contributed by atoms with Crippen LogP contribution in [0.3, 0.4) is 0 Å². The number of halogens is 1. The molecule has 0 saturated carbocycles. The van der Waals surface area contributed by atoms with Gasteiger partial charge in [-0.2, -0.15) is 0 Å². The number of hydrogen-bond donors (Lipinski definition) is 1. The van der Waals surface area contributed by atoms with Crippen molar-refractivity contribution >= 4 is 11.8 Å². The van der Waals surface area contributed by atoms with Gasteiger partial charge in [-0.15, -0.1) is 5.73 Å². The van der Waals surface area contributed by atoms with Crippen molar-refractivity contribution in [2.75, 3.05) is 37.7 Å². The maximum Gasteiger partial charge on any atom is 0.407 e. The van der Waals surface area contributed by atoms with Crippen LogP contribution in [0.15, 0.2) is 18.2 Å². The molecule has 2 radical (unpaired) electrons. The Kier molecular flexibility index (Phi) is 3.94. The Hall–Kier alpha value is -1.86. The average Bonchev–Trinajstić information content (AvgIpc) is 2.93. The number of alkyl carbamates (subject to hydrolysis) is 1. The topological polar surface area (TPSA) is 73.1 Å².